The van der Waals surface area contributed by atoms with Crippen LogP contribution in [0.5, 0.6) is 0 Å². The zero-order valence-corrected chi connectivity index (χ0v) is 13.6. The van der Waals surface area contributed by atoms with Crippen LogP contribution in [0.25, 0.3) is 0 Å². The summed E-state index contributed by atoms with van der Waals surface area (Å²) in [5.74, 6) is 0. The van der Waals surface area contributed by atoms with Gasteiger partial charge in [0.05, 0.1) is 0 Å². The first-order valence-electron chi connectivity index (χ1n) is 7.38. The Morgan fingerprint density at radius 1 is 1.10 bits per heavy atom. The van der Waals surface area contributed by atoms with Gasteiger partial charge in [-0.1, -0.05) is 25.4 Å². The molecule has 1 N–H and O–H groups in total. The number of halogens is 1. The van der Waals surface area contributed by atoms with Crippen LogP contribution in [-0.2, 0) is 0 Å². The fraction of sp³-hybridized carbons (Fsp3) is 0.625. The normalized spacial score (nSPS) is 17.5. The van der Waals surface area contributed by atoms with Crippen molar-refractivity contribution in [2.24, 2.45) is 5.41 Å². The predicted molar refractivity (Wildman–Crippen MR) is 87.8 cm³/mol. The van der Waals surface area contributed by atoms with E-state index in [-0.39, 0.29) is 0 Å². The van der Waals surface area contributed by atoms with E-state index in [2.05, 4.69) is 41.1 Å². The summed E-state index contributed by atoms with van der Waals surface area (Å²) in [7, 11) is 2.03. The summed E-state index contributed by atoms with van der Waals surface area (Å²) in [5, 5.41) is 4.09. The van der Waals surface area contributed by atoms with Gasteiger partial charge in [-0.3, -0.25) is 4.90 Å². The van der Waals surface area contributed by atoms with Gasteiger partial charge in [0.25, 0.3) is 0 Å². The molecule has 1 aliphatic rings. The minimum Gasteiger partial charge on any atom is -0.369 e. The van der Waals surface area contributed by atoms with Crippen LogP contribution < -0.4 is 10.2 Å². The third-order valence-corrected chi connectivity index (χ3v) is 4.12. The number of benzene rings is 1. The van der Waals surface area contributed by atoms with Crippen LogP contribution in [0, 0.1) is 5.41 Å². The molecular formula is C16H26ClN3. The smallest absolute Gasteiger partial charge is 0.0407 e. The highest BCUT2D eigenvalue weighted by atomic mass is 35.5. The number of anilines is 1. The van der Waals surface area contributed by atoms with Gasteiger partial charge >= 0.3 is 0 Å². The van der Waals surface area contributed by atoms with Gasteiger partial charge in [-0.15, -0.1) is 0 Å². The number of piperazine rings is 1. The zero-order valence-electron chi connectivity index (χ0n) is 12.8. The van der Waals surface area contributed by atoms with Crippen molar-refractivity contribution in [3.63, 3.8) is 0 Å². The Bertz CT molecular complexity index is 408. The Hall–Kier alpha value is -0.770. The molecule has 1 heterocycles. The van der Waals surface area contributed by atoms with Crippen molar-refractivity contribution in [3.05, 3.63) is 29.3 Å². The van der Waals surface area contributed by atoms with Crippen LogP contribution in [0.15, 0.2) is 24.3 Å². The molecule has 0 spiro atoms. The fourth-order valence-electron chi connectivity index (χ4n) is 2.96. The maximum Gasteiger partial charge on any atom is 0.0407 e. The second-order valence-electron chi connectivity index (χ2n) is 6.43. The molecule has 0 atom stereocenters. The van der Waals surface area contributed by atoms with E-state index in [4.69, 9.17) is 11.6 Å². The number of rotatable bonds is 5. The Labute approximate surface area is 127 Å². The van der Waals surface area contributed by atoms with Crippen molar-refractivity contribution in [1.29, 1.82) is 0 Å². The Balaban J connectivity index is 1.84. The molecule has 1 aromatic rings. The highest BCUT2D eigenvalue weighted by Gasteiger charge is 2.24. The molecule has 0 saturated carbocycles. The molecule has 2 rings (SSSR count). The molecule has 112 valence electrons. The van der Waals surface area contributed by atoms with Crippen molar-refractivity contribution < 1.29 is 0 Å². The third-order valence-electron chi connectivity index (χ3n) is 3.87. The van der Waals surface area contributed by atoms with Gasteiger partial charge in [0, 0.05) is 50.0 Å². The Morgan fingerprint density at radius 3 is 2.25 bits per heavy atom. The topological polar surface area (TPSA) is 18.5 Å². The van der Waals surface area contributed by atoms with Gasteiger partial charge in [-0.05, 0) is 36.7 Å². The lowest BCUT2D eigenvalue weighted by molar-refractivity contribution is 0.168. The van der Waals surface area contributed by atoms with E-state index in [1.807, 2.05) is 19.2 Å². The number of hydrogen-bond acceptors (Lipinski definition) is 3. The van der Waals surface area contributed by atoms with Gasteiger partial charge in [0.2, 0.25) is 0 Å². The SMILES string of the molecule is CNCC(C)(C)CN1CCN(c2ccc(Cl)cc2)CC1. The van der Waals surface area contributed by atoms with E-state index in [9.17, 15) is 0 Å². The molecule has 0 bridgehead atoms. The summed E-state index contributed by atoms with van der Waals surface area (Å²) < 4.78 is 0. The van der Waals surface area contributed by atoms with Crippen LogP contribution in [-0.4, -0.2) is 51.2 Å². The van der Waals surface area contributed by atoms with Gasteiger partial charge in [0.15, 0.2) is 0 Å². The summed E-state index contributed by atoms with van der Waals surface area (Å²) in [6.45, 7) is 11.3. The van der Waals surface area contributed by atoms with Crippen molar-refractivity contribution >= 4 is 17.3 Å². The number of hydrogen-bond donors (Lipinski definition) is 1. The monoisotopic (exact) mass is 295 g/mol. The van der Waals surface area contributed by atoms with Crippen molar-refractivity contribution in [2.45, 2.75) is 13.8 Å². The largest absolute Gasteiger partial charge is 0.369 e. The predicted octanol–water partition coefficient (Wildman–Crippen LogP) is 2.71. The van der Waals surface area contributed by atoms with E-state index in [0.29, 0.717) is 5.41 Å². The summed E-state index contributed by atoms with van der Waals surface area (Å²) in [4.78, 5) is 5.02. The second-order valence-corrected chi connectivity index (χ2v) is 6.87. The lowest BCUT2D eigenvalue weighted by Gasteiger charge is -2.39. The summed E-state index contributed by atoms with van der Waals surface area (Å²) in [6.07, 6.45) is 0. The highest BCUT2D eigenvalue weighted by molar-refractivity contribution is 6.30. The van der Waals surface area contributed by atoms with Gasteiger partial charge in [-0.2, -0.15) is 0 Å². The molecule has 20 heavy (non-hydrogen) atoms. The molecule has 0 radical (unpaired) electrons. The molecular weight excluding hydrogens is 270 g/mol. The third kappa shape index (κ3) is 4.37. The van der Waals surface area contributed by atoms with Gasteiger partial charge < -0.3 is 10.2 Å². The summed E-state index contributed by atoms with van der Waals surface area (Å²) in [6, 6.07) is 8.17. The highest BCUT2D eigenvalue weighted by Crippen LogP contribution is 2.21. The lowest BCUT2D eigenvalue weighted by atomic mass is 9.92. The fourth-order valence-corrected chi connectivity index (χ4v) is 3.08. The number of nitrogens with zero attached hydrogens (tertiary/aromatic N) is 2. The van der Waals surface area contributed by atoms with Crippen molar-refractivity contribution in [2.75, 3.05) is 51.2 Å². The Kier molecular flexibility index (Phi) is 5.30. The van der Waals surface area contributed by atoms with E-state index >= 15 is 0 Å². The molecule has 1 aromatic carbocycles. The first-order valence-corrected chi connectivity index (χ1v) is 7.75. The van der Waals surface area contributed by atoms with E-state index in [1.54, 1.807) is 0 Å². The molecule has 1 saturated heterocycles. The van der Waals surface area contributed by atoms with Crippen LogP contribution >= 0.6 is 11.6 Å². The minimum absolute atomic E-state index is 0.331. The van der Waals surface area contributed by atoms with Gasteiger partial charge in [-0.25, -0.2) is 0 Å². The molecule has 0 aliphatic carbocycles. The molecule has 0 amide bonds. The Morgan fingerprint density at radius 2 is 1.70 bits per heavy atom. The minimum atomic E-state index is 0.331. The van der Waals surface area contributed by atoms with Crippen LogP contribution in [0.4, 0.5) is 5.69 Å². The van der Waals surface area contributed by atoms with Gasteiger partial charge in [0.1, 0.15) is 0 Å². The first-order chi connectivity index (χ1) is 9.50. The van der Waals surface area contributed by atoms with Crippen LogP contribution in [0.2, 0.25) is 5.02 Å². The van der Waals surface area contributed by atoms with E-state index in [1.165, 1.54) is 5.69 Å². The second kappa shape index (κ2) is 6.79. The molecule has 0 aromatic heterocycles. The molecule has 3 nitrogen and oxygen atoms in total. The van der Waals surface area contributed by atoms with E-state index < -0.39 is 0 Å². The molecule has 0 unspecified atom stereocenters. The first kappa shape index (κ1) is 15.6. The summed E-state index contributed by atoms with van der Waals surface area (Å²) >= 11 is 5.94. The average Bonchev–Trinajstić information content (AvgIpc) is 2.40. The maximum atomic E-state index is 5.94. The van der Waals surface area contributed by atoms with E-state index in [0.717, 1.165) is 44.3 Å². The summed E-state index contributed by atoms with van der Waals surface area (Å²) in [5.41, 5.74) is 1.61. The lowest BCUT2D eigenvalue weighted by Crippen LogP contribution is -2.50. The van der Waals surface area contributed by atoms with Crippen LogP contribution in [0.3, 0.4) is 0 Å². The standard InChI is InChI=1S/C16H26ClN3/c1-16(2,12-18-3)13-19-8-10-20(11-9-19)15-6-4-14(17)5-7-15/h4-7,18H,8-13H2,1-3H3. The number of nitrogens with one attached hydrogen (secondary N) is 1. The van der Waals surface area contributed by atoms with Crippen molar-refractivity contribution in [1.82, 2.24) is 10.2 Å². The zero-order chi connectivity index (χ0) is 14.6. The molecule has 1 fully saturated rings. The molecule has 1 aliphatic heterocycles. The maximum absolute atomic E-state index is 5.94. The van der Waals surface area contributed by atoms with Crippen molar-refractivity contribution in [3.8, 4) is 0 Å². The van der Waals surface area contributed by atoms with Crippen LogP contribution in [0.1, 0.15) is 13.8 Å². The quantitative estimate of drug-likeness (QED) is 0.901. The average molecular weight is 296 g/mol. The molecule has 4 heteroatoms.